The predicted octanol–water partition coefficient (Wildman–Crippen LogP) is 1.51. The molecule has 84 valence electrons. The van der Waals surface area contributed by atoms with Gasteiger partial charge in [-0.05, 0) is 36.5 Å². The smallest absolute Gasteiger partial charge is 0.0586 e. The zero-order valence-corrected chi connectivity index (χ0v) is 9.47. The summed E-state index contributed by atoms with van der Waals surface area (Å²) >= 11 is 0. The zero-order chi connectivity index (χ0) is 10.4. The summed E-state index contributed by atoms with van der Waals surface area (Å²) < 4.78 is 0. The first-order valence-electron chi connectivity index (χ1n) is 6.36. The summed E-state index contributed by atoms with van der Waals surface area (Å²) in [7, 11) is 0. The average molecular weight is 207 g/mol. The first-order valence-corrected chi connectivity index (χ1v) is 6.36. The predicted molar refractivity (Wildman–Crippen MR) is 60.5 cm³/mol. The number of fused-ring (bicyclic) bond motifs is 5. The molecule has 1 aliphatic heterocycles. The molecular weight excluding hydrogens is 186 g/mol. The molecule has 1 saturated heterocycles. The van der Waals surface area contributed by atoms with E-state index in [1.807, 2.05) is 0 Å². The highest BCUT2D eigenvalue weighted by Crippen LogP contribution is 2.51. The number of aliphatic hydroxyl groups is 1. The van der Waals surface area contributed by atoms with Gasteiger partial charge in [-0.25, -0.2) is 0 Å². The highest BCUT2D eigenvalue weighted by atomic mass is 16.3. The summed E-state index contributed by atoms with van der Waals surface area (Å²) in [5.41, 5.74) is 0. The summed E-state index contributed by atoms with van der Waals surface area (Å²) in [5.74, 6) is 3.53. The SMILES string of the molecule is CC[C@@H](CO)N1CC2C(C1)[C@H]1C=C[C@@H]2C1. The number of allylic oxidation sites excluding steroid dienone is 2. The van der Waals surface area contributed by atoms with E-state index in [4.69, 9.17) is 0 Å². The summed E-state index contributed by atoms with van der Waals surface area (Å²) in [6.07, 6.45) is 7.38. The fraction of sp³-hybridized carbons (Fsp3) is 0.846. The molecule has 0 spiro atoms. The van der Waals surface area contributed by atoms with Gasteiger partial charge in [0.2, 0.25) is 0 Å². The first-order chi connectivity index (χ1) is 7.33. The molecule has 3 aliphatic rings. The third-order valence-corrected chi connectivity index (χ3v) is 4.89. The molecule has 5 atom stereocenters. The Bertz CT molecular complexity index is 252. The fourth-order valence-electron chi connectivity index (χ4n) is 3.99. The van der Waals surface area contributed by atoms with Crippen LogP contribution in [0.4, 0.5) is 0 Å². The zero-order valence-electron chi connectivity index (χ0n) is 9.47. The van der Waals surface area contributed by atoms with Gasteiger partial charge in [-0.15, -0.1) is 0 Å². The average Bonchev–Trinajstić information content (AvgIpc) is 2.90. The molecule has 3 rings (SSSR count). The lowest BCUT2D eigenvalue weighted by Gasteiger charge is -2.26. The third-order valence-electron chi connectivity index (χ3n) is 4.89. The van der Waals surface area contributed by atoms with Gasteiger partial charge in [0.1, 0.15) is 0 Å². The van der Waals surface area contributed by atoms with Crippen molar-refractivity contribution in [2.24, 2.45) is 23.7 Å². The van der Waals surface area contributed by atoms with Gasteiger partial charge in [0.25, 0.3) is 0 Å². The van der Waals surface area contributed by atoms with Gasteiger partial charge in [0.15, 0.2) is 0 Å². The lowest BCUT2D eigenvalue weighted by atomic mass is 9.86. The Labute approximate surface area is 92.0 Å². The second kappa shape index (κ2) is 3.60. The molecule has 1 heterocycles. The molecule has 2 bridgehead atoms. The lowest BCUT2D eigenvalue weighted by Crippen LogP contribution is -2.36. The standard InChI is InChI=1S/C13H21NO/c1-2-11(8-15)14-6-12-9-3-4-10(5-9)13(12)7-14/h3-4,9-13,15H,2,5-8H2,1H3/t9-,10+,11-,12?,13?/m0/s1. The Morgan fingerprint density at radius 3 is 2.33 bits per heavy atom. The molecule has 0 amide bonds. The molecule has 2 heteroatoms. The van der Waals surface area contributed by atoms with Crippen molar-refractivity contribution < 1.29 is 5.11 Å². The van der Waals surface area contributed by atoms with Crippen molar-refractivity contribution in [1.29, 1.82) is 0 Å². The van der Waals surface area contributed by atoms with E-state index in [1.165, 1.54) is 19.5 Å². The van der Waals surface area contributed by atoms with Crippen LogP contribution in [0.5, 0.6) is 0 Å². The summed E-state index contributed by atoms with van der Waals surface area (Å²) in [6, 6.07) is 0.412. The topological polar surface area (TPSA) is 23.5 Å². The van der Waals surface area contributed by atoms with E-state index < -0.39 is 0 Å². The quantitative estimate of drug-likeness (QED) is 0.709. The second-order valence-corrected chi connectivity index (χ2v) is 5.47. The molecule has 0 radical (unpaired) electrons. The maximum atomic E-state index is 9.34. The molecule has 1 N–H and O–H groups in total. The Balaban J connectivity index is 1.70. The van der Waals surface area contributed by atoms with Gasteiger partial charge in [-0.1, -0.05) is 19.1 Å². The molecule has 2 unspecified atom stereocenters. The summed E-state index contributed by atoms with van der Waals surface area (Å²) in [4.78, 5) is 2.53. The Hall–Kier alpha value is -0.340. The van der Waals surface area contributed by atoms with E-state index in [2.05, 4.69) is 24.0 Å². The number of rotatable bonds is 3. The highest BCUT2D eigenvalue weighted by Gasteiger charge is 2.49. The second-order valence-electron chi connectivity index (χ2n) is 5.47. The summed E-state index contributed by atoms with van der Waals surface area (Å²) in [5, 5.41) is 9.34. The Morgan fingerprint density at radius 1 is 1.27 bits per heavy atom. The van der Waals surface area contributed by atoms with E-state index in [1.54, 1.807) is 0 Å². The molecule has 0 aromatic heterocycles. The summed E-state index contributed by atoms with van der Waals surface area (Å²) in [6.45, 7) is 4.98. The van der Waals surface area contributed by atoms with Crippen molar-refractivity contribution in [1.82, 2.24) is 4.90 Å². The van der Waals surface area contributed by atoms with Crippen LogP contribution in [0.2, 0.25) is 0 Å². The molecule has 0 aromatic carbocycles. The molecule has 0 aromatic rings. The van der Waals surface area contributed by atoms with Crippen LogP contribution in [0.1, 0.15) is 19.8 Å². The lowest BCUT2D eigenvalue weighted by molar-refractivity contribution is 0.132. The third kappa shape index (κ3) is 1.38. The van der Waals surface area contributed by atoms with Crippen LogP contribution in [0, 0.1) is 23.7 Å². The minimum atomic E-state index is 0.332. The largest absolute Gasteiger partial charge is 0.395 e. The van der Waals surface area contributed by atoms with Crippen molar-refractivity contribution in [3.63, 3.8) is 0 Å². The molecule has 2 fully saturated rings. The van der Waals surface area contributed by atoms with Crippen molar-refractivity contribution >= 4 is 0 Å². The van der Waals surface area contributed by atoms with E-state index >= 15 is 0 Å². The van der Waals surface area contributed by atoms with Crippen LogP contribution in [-0.4, -0.2) is 35.7 Å². The maximum Gasteiger partial charge on any atom is 0.0586 e. The first kappa shape index (κ1) is 9.86. The van der Waals surface area contributed by atoms with E-state index in [0.29, 0.717) is 12.6 Å². The fourth-order valence-corrected chi connectivity index (χ4v) is 3.99. The van der Waals surface area contributed by atoms with Crippen LogP contribution in [0.15, 0.2) is 12.2 Å². The molecule has 1 saturated carbocycles. The van der Waals surface area contributed by atoms with Gasteiger partial charge >= 0.3 is 0 Å². The van der Waals surface area contributed by atoms with Crippen molar-refractivity contribution in [3.05, 3.63) is 12.2 Å². The van der Waals surface area contributed by atoms with Crippen LogP contribution < -0.4 is 0 Å². The molecule has 2 aliphatic carbocycles. The van der Waals surface area contributed by atoms with E-state index in [-0.39, 0.29) is 0 Å². The van der Waals surface area contributed by atoms with Crippen LogP contribution >= 0.6 is 0 Å². The maximum absolute atomic E-state index is 9.34. The van der Waals surface area contributed by atoms with Crippen LogP contribution in [-0.2, 0) is 0 Å². The molecule has 2 nitrogen and oxygen atoms in total. The van der Waals surface area contributed by atoms with E-state index in [0.717, 1.165) is 30.1 Å². The van der Waals surface area contributed by atoms with Gasteiger partial charge in [0, 0.05) is 19.1 Å². The van der Waals surface area contributed by atoms with Gasteiger partial charge in [-0.2, -0.15) is 0 Å². The number of likely N-dealkylation sites (tertiary alicyclic amines) is 1. The minimum Gasteiger partial charge on any atom is -0.395 e. The number of aliphatic hydroxyl groups excluding tert-OH is 1. The van der Waals surface area contributed by atoms with Crippen LogP contribution in [0.25, 0.3) is 0 Å². The van der Waals surface area contributed by atoms with Crippen molar-refractivity contribution in [3.8, 4) is 0 Å². The number of nitrogens with zero attached hydrogens (tertiary/aromatic N) is 1. The number of hydrogen-bond donors (Lipinski definition) is 1. The number of hydrogen-bond acceptors (Lipinski definition) is 2. The Kier molecular flexibility index (Phi) is 2.37. The van der Waals surface area contributed by atoms with Gasteiger partial charge in [-0.3, -0.25) is 4.90 Å². The highest BCUT2D eigenvalue weighted by molar-refractivity contribution is 5.16. The van der Waals surface area contributed by atoms with Gasteiger partial charge in [0.05, 0.1) is 6.61 Å². The van der Waals surface area contributed by atoms with Crippen molar-refractivity contribution in [2.45, 2.75) is 25.8 Å². The molecule has 15 heavy (non-hydrogen) atoms. The van der Waals surface area contributed by atoms with Crippen LogP contribution in [0.3, 0.4) is 0 Å². The normalized spacial score (nSPS) is 44.9. The monoisotopic (exact) mass is 207 g/mol. The molecular formula is C13H21NO. The Morgan fingerprint density at radius 2 is 1.87 bits per heavy atom. The van der Waals surface area contributed by atoms with Gasteiger partial charge < -0.3 is 5.11 Å². The van der Waals surface area contributed by atoms with Crippen molar-refractivity contribution in [2.75, 3.05) is 19.7 Å². The van der Waals surface area contributed by atoms with E-state index in [9.17, 15) is 5.11 Å². The minimum absolute atomic E-state index is 0.332.